The van der Waals surface area contributed by atoms with Gasteiger partial charge in [-0.15, -0.1) is 0 Å². The summed E-state index contributed by atoms with van der Waals surface area (Å²) in [6.45, 7) is 21.0. The summed E-state index contributed by atoms with van der Waals surface area (Å²) in [5.41, 5.74) is 2.58. The molecule has 1 aromatic carbocycles. The van der Waals surface area contributed by atoms with Gasteiger partial charge < -0.3 is 35.5 Å². The molecule has 11 heteroatoms. The summed E-state index contributed by atoms with van der Waals surface area (Å²) in [5.74, 6) is 0. The molecule has 0 spiro atoms. The highest BCUT2D eigenvalue weighted by atomic mass is 16.6. The van der Waals surface area contributed by atoms with Crippen LogP contribution in [0.15, 0.2) is 18.2 Å². The lowest BCUT2D eigenvalue weighted by atomic mass is 10.1. The summed E-state index contributed by atoms with van der Waals surface area (Å²) < 4.78 is 16.8. The van der Waals surface area contributed by atoms with Crippen molar-refractivity contribution in [1.82, 2.24) is 31.1 Å². The molecule has 0 bridgehead atoms. The van der Waals surface area contributed by atoms with E-state index in [-0.39, 0.29) is 0 Å². The van der Waals surface area contributed by atoms with Crippen LogP contribution in [-0.2, 0) is 27.3 Å². The molecule has 0 radical (unpaired) electrons. The third kappa shape index (κ3) is 14.7. The lowest BCUT2D eigenvalue weighted by molar-refractivity contribution is 0.0636. The molecule has 2 fully saturated rings. The number of rotatable bonds is 5. The number of benzene rings is 1. The second-order valence-electron chi connectivity index (χ2n) is 11.4. The number of carbonyl (C=O) groups excluding carboxylic acids is 1. The number of nitrogens with zero attached hydrogens (tertiary/aromatic N) is 2. The minimum atomic E-state index is -0.556. The lowest BCUT2D eigenvalue weighted by Crippen LogP contribution is -2.39. The summed E-state index contributed by atoms with van der Waals surface area (Å²) in [7, 11) is 0. The molecule has 0 atom stereocenters. The van der Waals surface area contributed by atoms with Crippen LogP contribution in [0.4, 0.5) is 10.5 Å². The molecule has 228 valence electrons. The van der Waals surface area contributed by atoms with Gasteiger partial charge in [-0.25, -0.2) is 4.79 Å². The minimum absolute atomic E-state index is 0.431. The number of hydrogen-bond acceptors (Lipinski definition) is 10. The highest BCUT2D eigenvalue weighted by Crippen LogP contribution is 2.20. The van der Waals surface area contributed by atoms with Crippen LogP contribution in [0.2, 0.25) is 0 Å². The molecule has 11 nitrogen and oxygen atoms in total. The molecule has 2 heterocycles. The van der Waals surface area contributed by atoms with Crippen molar-refractivity contribution in [3.8, 4) is 0 Å². The van der Waals surface area contributed by atoms with Crippen molar-refractivity contribution in [3.05, 3.63) is 29.3 Å². The predicted octanol–water partition coefficient (Wildman–Crippen LogP) is 1.06. The summed E-state index contributed by atoms with van der Waals surface area (Å²) in [6.07, 6.45) is -0.431. The van der Waals surface area contributed by atoms with Gasteiger partial charge in [0.2, 0.25) is 0 Å². The van der Waals surface area contributed by atoms with Crippen LogP contribution >= 0.6 is 0 Å². The second kappa shape index (κ2) is 18.6. The first-order valence-corrected chi connectivity index (χ1v) is 14.9. The lowest BCUT2D eigenvalue weighted by Gasteiger charge is -2.26. The maximum absolute atomic E-state index is 12.7. The molecule has 40 heavy (non-hydrogen) atoms. The van der Waals surface area contributed by atoms with E-state index in [0.29, 0.717) is 0 Å². The van der Waals surface area contributed by atoms with Crippen molar-refractivity contribution in [3.63, 3.8) is 0 Å². The van der Waals surface area contributed by atoms with Gasteiger partial charge in [-0.05, 0) is 44.0 Å². The van der Waals surface area contributed by atoms with E-state index in [9.17, 15) is 4.79 Å². The highest BCUT2D eigenvalue weighted by molar-refractivity contribution is 5.85. The van der Waals surface area contributed by atoms with Crippen LogP contribution in [-0.4, -0.2) is 126 Å². The number of ether oxygens (including phenoxy) is 3. The fourth-order valence-corrected chi connectivity index (χ4v) is 4.73. The molecule has 1 amide bonds. The van der Waals surface area contributed by atoms with Crippen LogP contribution in [0.3, 0.4) is 0 Å². The molecule has 0 unspecified atom stereocenters. The Morgan fingerprint density at radius 2 is 1.12 bits per heavy atom. The average Bonchev–Trinajstić information content (AvgIpc) is 2.86. The Bertz CT molecular complexity index is 778. The Hall–Kier alpha value is -1.83. The van der Waals surface area contributed by atoms with E-state index in [1.165, 1.54) is 11.1 Å². The van der Waals surface area contributed by atoms with Gasteiger partial charge in [-0.2, -0.15) is 0 Å². The molecule has 1 aromatic rings. The number of amides is 1. The summed E-state index contributed by atoms with van der Waals surface area (Å²) in [5, 5.41) is 16.9. The quantitative estimate of drug-likeness (QED) is 0.357. The van der Waals surface area contributed by atoms with E-state index < -0.39 is 11.7 Å². The number of carbonyl (C=O) groups is 1. The van der Waals surface area contributed by atoms with Crippen molar-refractivity contribution in [2.45, 2.75) is 39.5 Å². The first-order valence-electron chi connectivity index (χ1n) is 14.9. The van der Waals surface area contributed by atoms with Gasteiger partial charge in [0.05, 0.1) is 26.4 Å². The number of hydrogen-bond donors (Lipinski definition) is 5. The molecule has 2 aliphatic rings. The van der Waals surface area contributed by atoms with Crippen LogP contribution < -0.4 is 26.6 Å². The van der Waals surface area contributed by atoms with E-state index in [2.05, 4.69) is 54.6 Å². The molecule has 0 aromatic heterocycles. The van der Waals surface area contributed by atoms with Crippen molar-refractivity contribution < 1.29 is 19.0 Å². The molecule has 0 aliphatic carbocycles. The Morgan fingerprint density at radius 1 is 0.725 bits per heavy atom. The molecule has 5 N–H and O–H groups in total. The van der Waals surface area contributed by atoms with E-state index in [1.807, 2.05) is 20.8 Å². The third-order valence-electron chi connectivity index (χ3n) is 6.62. The standard InChI is InChI=1S/C29H53N7O4/c1-29(2,3)40-28(37)34-27-21-25(23-35-12-4-30-8-16-38-17-9-31-5-13-35)20-26(22-27)24-36-14-6-32-10-18-39-19-11-33-7-15-36/h20-22,30-33H,4-19,23-24H2,1-3H3,(H,34,37). The van der Waals surface area contributed by atoms with Crippen LogP contribution in [0, 0.1) is 0 Å². The summed E-state index contributed by atoms with van der Waals surface area (Å²) in [4.78, 5) is 17.6. The zero-order valence-corrected chi connectivity index (χ0v) is 25.0. The number of anilines is 1. The monoisotopic (exact) mass is 563 g/mol. The maximum atomic E-state index is 12.7. The highest BCUT2D eigenvalue weighted by Gasteiger charge is 2.18. The van der Waals surface area contributed by atoms with Crippen molar-refractivity contribution in [2.24, 2.45) is 0 Å². The van der Waals surface area contributed by atoms with E-state index in [0.717, 1.165) is 124 Å². The van der Waals surface area contributed by atoms with Crippen molar-refractivity contribution in [2.75, 3.05) is 110 Å². The topological polar surface area (TPSA) is 111 Å². The second-order valence-corrected chi connectivity index (χ2v) is 11.4. The van der Waals surface area contributed by atoms with Gasteiger partial charge in [-0.3, -0.25) is 15.1 Å². The number of nitrogens with one attached hydrogen (secondary N) is 5. The largest absolute Gasteiger partial charge is 0.444 e. The zero-order chi connectivity index (χ0) is 28.5. The Labute approximate surface area is 241 Å². The van der Waals surface area contributed by atoms with Crippen LogP contribution in [0.25, 0.3) is 0 Å². The molecule has 2 saturated heterocycles. The fourth-order valence-electron chi connectivity index (χ4n) is 4.73. The Morgan fingerprint density at radius 3 is 1.50 bits per heavy atom. The summed E-state index contributed by atoms with van der Waals surface area (Å²) in [6, 6.07) is 6.45. The fraction of sp³-hybridized carbons (Fsp3) is 0.759. The molecule has 3 rings (SSSR count). The van der Waals surface area contributed by atoms with Crippen LogP contribution in [0.1, 0.15) is 31.9 Å². The smallest absolute Gasteiger partial charge is 0.412 e. The molecule has 0 saturated carbocycles. The van der Waals surface area contributed by atoms with Crippen molar-refractivity contribution >= 4 is 11.8 Å². The first kappa shape index (κ1) is 32.7. The van der Waals surface area contributed by atoms with Gasteiger partial charge in [0.25, 0.3) is 0 Å². The summed E-state index contributed by atoms with van der Waals surface area (Å²) >= 11 is 0. The minimum Gasteiger partial charge on any atom is -0.444 e. The maximum Gasteiger partial charge on any atom is 0.412 e. The van der Waals surface area contributed by atoms with Crippen molar-refractivity contribution in [1.29, 1.82) is 0 Å². The Balaban J connectivity index is 1.73. The van der Waals surface area contributed by atoms with Gasteiger partial charge in [0, 0.05) is 97.3 Å². The third-order valence-corrected chi connectivity index (χ3v) is 6.62. The first-order chi connectivity index (χ1) is 19.4. The normalized spacial score (nSPS) is 20.8. The van der Waals surface area contributed by atoms with Gasteiger partial charge >= 0.3 is 6.09 Å². The SMILES string of the molecule is CC(C)(C)OC(=O)Nc1cc(CN2CCNCCOCCNCC2)cc(CN2CCNCCOCCNCC2)c1. The molecule has 2 aliphatic heterocycles. The van der Waals surface area contributed by atoms with Crippen LogP contribution in [0.5, 0.6) is 0 Å². The van der Waals surface area contributed by atoms with Gasteiger partial charge in [-0.1, -0.05) is 6.07 Å². The van der Waals surface area contributed by atoms with E-state index in [1.54, 1.807) is 0 Å². The van der Waals surface area contributed by atoms with E-state index >= 15 is 0 Å². The van der Waals surface area contributed by atoms with Gasteiger partial charge in [0.1, 0.15) is 5.60 Å². The van der Waals surface area contributed by atoms with E-state index in [4.69, 9.17) is 14.2 Å². The van der Waals surface area contributed by atoms with Gasteiger partial charge in [0.15, 0.2) is 0 Å². The predicted molar refractivity (Wildman–Crippen MR) is 160 cm³/mol. The molecular weight excluding hydrogens is 510 g/mol. The Kier molecular flexibility index (Phi) is 15.2. The average molecular weight is 564 g/mol. The molecular formula is C29H53N7O4. The zero-order valence-electron chi connectivity index (χ0n) is 25.0.